The van der Waals surface area contributed by atoms with Crippen molar-refractivity contribution in [2.24, 2.45) is 0 Å². The van der Waals surface area contributed by atoms with E-state index in [1.165, 1.54) is 28.3 Å². The molecular weight excluding hydrogens is 584 g/mol. The van der Waals surface area contributed by atoms with Gasteiger partial charge in [-0.05, 0) is 86.6 Å². The molecule has 0 fully saturated rings. The maximum absolute atomic E-state index is 13.4. The molecule has 0 atom stereocenters. The summed E-state index contributed by atoms with van der Waals surface area (Å²) >= 11 is 0. The monoisotopic (exact) mass is 630 g/mol. The number of anilines is 4. The predicted octanol–water partition coefficient (Wildman–Crippen LogP) is 4.77. The number of urea groups is 1. The molecule has 2 aromatic heterocycles. The van der Waals surface area contributed by atoms with E-state index >= 15 is 0 Å². The van der Waals surface area contributed by atoms with Crippen molar-refractivity contribution in [3.63, 3.8) is 0 Å². The molecular formula is C30H46N8O7. The van der Waals surface area contributed by atoms with Gasteiger partial charge in [-0.25, -0.2) is 34.0 Å². The summed E-state index contributed by atoms with van der Waals surface area (Å²) in [5, 5.41) is 2.63. The SMILES string of the molecule is CC(C)(C)OC(=O)N(CCN(C(=O)OC(C)(C)C)c1ccc(N)cn1)C(=O)NCCN(C(=O)OC(C)(C)C)c1ccc(N)cn1. The number of imide groups is 1. The first-order chi connectivity index (χ1) is 20.6. The number of carbonyl (C=O) groups is 4. The maximum Gasteiger partial charge on any atom is 0.418 e. The molecule has 15 heteroatoms. The molecule has 0 saturated heterocycles. The zero-order valence-corrected chi connectivity index (χ0v) is 27.5. The van der Waals surface area contributed by atoms with Crippen molar-refractivity contribution in [2.75, 3.05) is 47.4 Å². The summed E-state index contributed by atoms with van der Waals surface area (Å²) in [6, 6.07) is 5.38. The molecule has 0 bridgehead atoms. The highest BCUT2D eigenvalue weighted by Crippen LogP contribution is 2.19. The first-order valence-corrected chi connectivity index (χ1v) is 14.4. The molecule has 2 aromatic rings. The van der Waals surface area contributed by atoms with Crippen LogP contribution in [0.25, 0.3) is 0 Å². The number of nitrogens with one attached hydrogen (secondary N) is 1. The van der Waals surface area contributed by atoms with Gasteiger partial charge in [-0.2, -0.15) is 0 Å². The first kappa shape index (κ1) is 36.4. The number of nitrogens with zero attached hydrogens (tertiary/aromatic N) is 5. The van der Waals surface area contributed by atoms with E-state index in [-0.39, 0.29) is 37.8 Å². The second kappa shape index (κ2) is 14.8. The van der Waals surface area contributed by atoms with Crippen LogP contribution in [0.2, 0.25) is 0 Å². The van der Waals surface area contributed by atoms with Crippen LogP contribution >= 0.6 is 0 Å². The molecule has 0 aliphatic rings. The van der Waals surface area contributed by atoms with Crippen LogP contribution in [-0.4, -0.2) is 82.2 Å². The summed E-state index contributed by atoms with van der Waals surface area (Å²) in [5.74, 6) is 0.452. The number of ether oxygens (including phenoxy) is 3. The number of carbonyl (C=O) groups excluding carboxylic acids is 4. The average Bonchev–Trinajstić information content (AvgIpc) is 2.87. The van der Waals surface area contributed by atoms with Crippen molar-refractivity contribution < 1.29 is 33.4 Å². The number of amides is 5. The number of pyridine rings is 2. The summed E-state index contributed by atoms with van der Waals surface area (Å²) < 4.78 is 16.5. The molecule has 0 spiro atoms. The normalized spacial score (nSPS) is 11.7. The van der Waals surface area contributed by atoms with Gasteiger partial charge in [0.1, 0.15) is 28.4 Å². The fraction of sp³-hybridized carbons (Fsp3) is 0.533. The summed E-state index contributed by atoms with van der Waals surface area (Å²) in [4.78, 5) is 64.3. The van der Waals surface area contributed by atoms with Gasteiger partial charge in [-0.15, -0.1) is 0 Å². The van der Waals surface area contributed by atoms with Crippen LogP contribution in [0.15, 0.2) is 36.7 Å². The number of aromatic nitrogens is 2. The van der Waals surface area contributed by atoms with Crippen LogP contribution in [0.3, 0.4) is 0 Å². The third-order valence-electron chi connectivity index (χ3n) is 5.34. The van der Waals surface area contributed by atoms with Crippen molar-refractivity contribution >= 4 is 47.3 Å². The highest BCUT2D eigenvalue weighted by molar-refractivity contribution is 5.92. The lowest BCUT2D eigenvalue weighted by atomic mass is 10.2. The van der Waals surface area contributed by atoms with Gasteiger partial charge in [0.05, 0.1) is 30.3 Å². The molecule has 0 aromatic carbocycles. The van der Waals surface area contributed by atoms with Gasteiger partial charge in [-0.1, -0.05) is 0 Å². The highest BCUT2D eigenvalue weighted by atomic mass is 16.6. The summed E-state index contributed by atoms with van der Waals surface area (Å²) in [6.45, 7) is 14.6. The van der Waals surface area contributed by atoms with Crippen LogP contribution in [0, 0.1) is 0 Å². The molecule has 0 aliphatic heterocycles. The van der Waals surface area contributed by atoms with E-state index in [0.29, 0.717) is 11.4 Å². The fourth-order valence-electron chi connectivity index (χ4n) is 3.51. The van der Waals surface area contributed by atoms with Gasteiger partial charge in [0.2, 0.25) is 0 Å². The quantitative estimate of drug-likeness (QED) is 0.340. The molecule has 0 radical (unpaired) electrons. The van der Waals surface area contributed by atoms with E-state index in [9.17, 15) is 19.2 Å². The van der Waals surface area contributed by atoms with Crippen molar-refractivity contribution in [3.05, 3.63) is 36.7 Å². The minimum atomic E-state index is -0.946. The van der Waals surface area contributed by atoms with Crippen molar-refractivity contribution in [1.29, 1.82) is 0 Å². The molecule has 5 N–H and O–H groups in total. The van der Waals surface area contributed by atoms with E-state index < -0.39 is 41.1 Å². The van der Waals surface area contributed by atoms with Gasteiger partial charge in [0.15, 0.2) is 0 Å². The van der Waals surface area contributed by atoms with Crippen LogP contribution in [0.5, 0.6) is 0 Å². The van der Waals surface area contributed by atoms with Gasteiger partial charge in [0, 0.05) is 19.6 Å². The standard InChI is InChI=1S/C30H46N8O7/c1-28(2,3)43-25(40)36(22-12-10-20(31)18-34-22)15-14-33-24(39)38(27(42)45-30(7,8)9)17-16-37(26(41)44-29(4,5)6)23-13-11-21(32)19-35-23/h10-13,18-19H,14-17,31-32H2,1-9H3,(H,33,39). The fourth-order valence-corrected chi connectivity index (χ4v) is 3.51. The summed E-state index contributed by atoms with van der Waals surface area (Å²) in [6.07, 6.45) is 0.383. The molecule has 15 nitrogen and oxygen atoms in total. The number of nitrogen functional groups attached to an aromatic ring is 2. The van der Waals surface area contributed by atoms with Crippen LogP contribution < -0.4 is 26.6 Å². The Morgan fingerprint density at radius 1 is 0.644 bits per heavy atom. The van der Waals surface area contributed by atoms with E-state index in [2.05, 4.69) is 15.3 Å². The largest absolute Gasteiger partial charge is 0.443 e. The van der Waals surface area contributed by atoms with E-state index in [4.69, 9.17) is 25.7 Å². The van der Waals surface area contributed by atoms with Gasteiger partial charge < -0.3 is 31.0 Å². The Balaban J connectivity index is 2.28. The molecule has 0 unspecified atom stereocenters. The second-order valence-corrected chi connectivity index (χ2v) is 13.0. The highest BCUT2D eigenvalue weighted by Gasteiger charge is 2.31. The maximum atomic E-state index is 13.4. The first-order valence-electron chi connectivity index (χ1n) is 14.4. The van der Waals surface area contributed by atoms with Gasteiger partial charge >= 0.3 is 24.3 Å². The minimum absolute atomic E-state index is 0.0564. The minimum Gasteiger partial charge on any atom is -0.443 e. The van der Waals surface area contributed by atoms with Crippen molar-refractivity contribution in [1.82, 2.24) is 20.2 Å². The Morgan fingerprint density at radius 3 is 1.42 bits per heavy atom. The van der Waals surface area contributed by atoms with Gasteiger partial charge in [0.25, 0.3) is 0 Å². The zero-order chi connectivity index (χ0) is 34.2. The lowest BCUT2D eigenvalue weighted by Crippen LogP contribution is -2.51. The molecule has 0 aliphatic carbocycles. The van der Waals surface area contributed by atoms with Crippen molar-refractivity contribution in [2.45, 2.75) is 79.1 Å². The average molecular weight is 631 g/mol. The second-order valence-electron chi connectivity index (χ2n) is 13.0. The number of nitrogens with two attached hydrogens (primary N) is 2. The smallest absolute Gasteiger partial charge is 0.418 e. The molecule has 2 heterocycles. The Morgan fingerprint density at radius 2 is 1.04 bits per heavy atom. The van der Waals surface area contributed by atoms with Crippen molar-refractivity contribution in [3.8, 4) is 0 Å². The topological polar surface area (TPSA) is 196 Å². The predicted molar refractivity (Wildman–Crippen MR) is 171 cm³/mol. The van der Waals surface area contributed by atoms with Crippen LogP contribution in [0.1, 0.15) is 62.3 Å². The molecule has 248 valence electrons. The Hall–Kier alpha value is -4.82. The number of hydrogen-bond acceptors (Lipinski definition) is 11. The van der Waals surface area contributed by atoms with Gasteiger partial charge in [-0.3, -0.25) is 9.80 Å². The van der Waals surface area contributed by atoms with E-state index in [1.807, 2.05) is 0 Å². The molecule has 45 heavy (non-hydrogen) atoms. The zero-order valence-electron chi connectivity index (χ0n) is 27.5. The molecule has 5 amide bonds. The third kappa shape index (κ3) is 12.7. The van der Waals surface area contributed by atoms with Crippen LogP contribution in [-0.2, 0) is 14.2 Å². The molecule has 2 rings (SSSR count). The molecule has 0 saturated carbocycles. The van der Waals surface area contributed by atoms with E-state index in [0.717, 1.165) is 4.90 Å². The lowest BCUT2D eigenvalue weighted by molar-refractivity contribution is 0.0315. The van der Waals surface area contributed by atoms with Crippen LogP contribution in [0.4, 0.5) is 42.2 Å². The Kier molecular flexibility index (Phi) is 11.9. The summed E-state index contributed by atoms with van der Waals surface area (Å²) in [5.41, 5.74) is 9.75. The lowest BCUT2D eigenvalue weighted by Gasteiger charge is -2.30. The number of hydrogen-bond donors (Lipinski definition) is 3. The number of rotatable bonds is 8. The Bertz CT molecular complexity index is 1310. The summed E-state index contributed by atoms with van der Waals surface area (Å²) in [7, 11) is 0. The Labute approximate surface area is 264 Å². The van der Waals surface area contributed by atoms with E-state index in [1.54, 1.807) is 80.5 Å². The third-order valence-corrected chi connectivity index (χ3v) is 5.34.